The van der Waals surface area contributed by atoms with Crippen LogP contribution in [-0.2, 0) is 35.8 Å². The number of carbonyl (C=O) groups is 2. The van der Waals surface area contributed by atoms with E-state index in [1.54, 1.807) is 19.2 Å². The van der Waals surface area contributed by atoms with Crippen molar-refractivity contribution in [3.05, 3.63) is 53.1 Å². The fraction of sp³-hybridized carbons (Fsp3) is 0.517. The number of fused-ring (bicyclic) bond motifs is 3. The molecule has 1 saturated carbocycles. The molecule has 1 aliphatic carbocycles. The standard InChI is InChI=1S/C29H33NO9/c1-34-19-7-5-18(6-8-19)29(33,26(31)36-3)27(32)39-25-23(35-2)15-28-10-4-11-30(28)12-9-17-13-21-22(38-16-37-21)14-20(17)24(25)28/h5-8,13-14,23-25,33H,4,9-12,15-16H2,1-3H3/t23?,24-,25-,28+,29-/m1/s1. The highest BCUT2D eigenvalue weighted by atomic mass is 16.7. The molecule has 0 amide bonds. The van der Waals surface area contributed by atoms with Crippen molar-refractivity contribution in [3.8, 4) is 17.2 Å². The summed E-state index contributed by atoms with van der Waals surface area (Å²) < 4.78 is 33.5. The predicted octanol–water partition coefficient (Wildman–Crippen LogP) is 2.29. The maximum absolute atomic E-state index is 13.9. The Morgan fingerprint density at radius 1 is 1.05 bits per heavy atom. The van der Waals surface area contributed by atoms with Crippen LogP contribution in [0.2, 0.25) is 0 Å². The zero-order valence-electron chi connectivity index (χ0n) is 22.3. The van der Waals surface area contributed by atoms with Crippen LogP contribution >= 0.6 is 0 Å². The molecule has 2 aromatic rings. The van der Waals surface area contributed by atoms with Gasteiger partial charge in [-0.1, -0.05) is 12.1 Å². The number of rotatable bonds is 6. The zero-order chi connectivity index (χ0) is 27.4. The van der Waals surface area contributed by atoms with Crippen LogP contribution in [0.25, 0.3) is 0 Å². The first-order valence-electron chi connectivity index (χ1n) is 13.2. The Bertz CT molecular complexity index is 1280. The first kappa shape index (κ1) is 25.9. The molecule has 3 aliphatic heterocycles. The first-order chi connectivity index (χ1) is 18.8. The summed E-state index contributed by atoms with van der Waals surface area (Å²) in [6, 6.07) is 10.0. The van der Waals surface area contributed by atoms with Crippen molar-refractivity contribution in [2.75, 3.05) is 41.2 Å². The van der Waals surface area contributed by atoms with Gasteiger partial charge in [0.2, 0.25) is 6.79 Å². The van der Waals surface area contributed by atoms with Crippen molar-refractivity contribution in [1.29, 1.82) is 0 Å². The summed E-state index contributed by atoms with van der Waals surface area (Å²) in [4.78, 5) is 29.3. The highest BCUT2D eigenvalue weighted by Crippen LogP contribution is 2.57. The Morgan fingerprint density at radius 3 is 2.49 bits per heavy atom. The van der Waals surface area contributed by atoms with E-state index < -0.39 is 29.7 Å². The number of hydrogen-bond acceptors (Lipinski definition) is 10. The van der Waals surface area contributed by atoms with Gasteiger partial charge >= 0.3 is 11.9 Å². The minimum Gasteiger partial charge on any atom is -0.497 e. The normalized spacial score (nSPS) is 28.5. The molecule has 6 rings (SSSR count). The SMILES string of the molecule is COC(=O)[C@@](O)(C(=O)O[C@@H]1C(OC)C[C@]23CCCN2CCc2cc4c(cc2[C@H]13)OCO4)c1ccc(OC)cc1. The van der Waals surface area contributed by atoms with Gasteiger partial charge in [-0.05, 0) is 67.6 Å². The van der Waals surface area contributed by atoms with Crippen LogP contribution in [0, 0.1) is 0 Å². The van der Waals surface area contributed by atoms with Crippen LogP contribution < -0.4 is 14.2 Å². The van der Waals surface area contributed by atoms with Crippen LogP contribution in [0.4, 0.5) is 0 Å². The van der Waals surface area contributed by atoms with E-state index in [-0.39, 0.29) is 23.8 Å². The second kappa shape index (κ2) is 9.69. The van der Waals surface area contributed by atoms with Crippen LogP contribution in [0.5, 0.6) is 17.2 Å². The van der Waals surface area contributed by atoms with Gasteiger partial charge in [-0.15, -0.1) is 0 Å². The number of hydrogen-bond donors (Lipinski definition) is 1. The van der Waals surface area contributed by atoms with Crippen molar-refractivity contribution in [1.82, 2.24) is 4.90 Å². The molecule has 1 spiro atoms. The number of carbonyl (C=O) groups excluding carboxylic acids is 2. The van der Waals surface area contributed by atoms with Gasteiger partial charge in [0.15, 0.2) is 11.5 Å². The summed E-state index contributed by atoms with van der Waals surface area (Å²) in [5, 5.41) is 11.6. The van der Waals surface area contributed by atoms with Crippen LogP contribution in [0.3, 0.4) is 0 Å². The molecule has 208 valence electrons. The third-order valence-corrected chi connectivity index (χ3v) is 8.95. The lowest BCUT2D eigenvalue weighted by Gasteiger charge is -2.40. The van der Waals surface area contributed by atoms with Gasteiger partial charge in [0.25, 0.3) is 5.60 Å². The predicted molar refractivity (Wildman–Crippen MR) is 137 cm³/mol. The minimum absolute atomic E-state index is 0.0222. The molecule has 0 bridgehead atoms. The molecule has 39 heavy (non-hydrogen) atoms. The maximum atomic E-state index is 13.9. The molecule has 1 N–H and O–H groups in total. The minimum atomic E-state index is -2.67. The monoisotopic (exact) mass is 539 g/mol. The topological polar surface area (TPSA) is 113 Å². The van der Waals surface area contributed by atoms with E-state index in [1.807, 2.05) is 12.1 Å². The molecule has 1 saturated heterocycles. The van der Waals surface area contributed by atoms with Crippen molar-refractivity contribution in [3.63, 3.8) is 0 Å². The van der Waals surface area contributed by atoms with Gasteiger partial charge in [-0.3, -0.25) is 4.90 Å². The molecule has 5 atom stereocenters. The number of ether oxygens (including phenoxy) is 6. The Morgan fingerprint density at radius 2 is 1.79 bits per heavy atom. The molecule has 2 aromatic carbocycles. The molecule has 10 heteroatoms. The quantitative estimate of drug-likeness (QED) is 0.433. The third-order valence-electron chi connectivity index (χ3n) is 8.95. The lowest BCUT2D eigenvalue weighted by Crippen LogP contribution is -2.50. The van der Waals surface area contributed by atoms with E-state index in [1.165, 1.54) is 19.2 Å². The van der Waals surface area contributed by atoms with Crippen LogP contribution in [0.1, 0.15) is 41.9 Å². The summed E-state index contributed by atoms with van der Waals surface area (Å²) in [6.45, 7) is 1.96. The Hall–Kier alpha value is -3.34. The van der Waals surface area contributed by atoms with Crippen molar-refractivity contribution in [2.24, 2.45) is 0 Å². The van der Waals surface area contributed by atoms with Gasteiger partial charge in [0.05, 0.1) is 20.3 Å². The Labute approximate surface area is 226 Å². The van der Waals surface area contributed by atoms with Crippen molar-refractivity contribution in [2.45, 2.75) is 54.9 Å². The molecule has 10 nitrogen and oxygen atoms in total. The molecule has 2 fully saturated rings. The number of methoxy groups -OCH3 is 3. The van der Waals surface area contributed by atoms with Gasteiger partial charge in [0.1, 0.15) is 11.9 Å². The third kappa shape index (κ3) is 3.88. The van der Waals surface area contributed by atoms with E-state index in [2.05, 4.69) is 4.90 Å². The molecule has 3 heterocycles. The van der Waals surface area contributed by atoms with Gasteiger partial charge in [-0.25, -0.2) is 9.59 Å². The van der Waals surface area contributed by atoms with E-state index in [4.69, 9.17) is 28.4 Å². The van der Waals surface area contributed by atoms with E-state index >= 15 is 0 Å². The lowest BCUT2D eigenvalue weighted by atomic mass is 9.78. The van der Waals surface area contributed by atoms with Gasteiger partial charge < -0.3 is 33.5 Å². The molecule has 0 aromatic heterocycles. The second-order valence-corrected chi connectivity index (χ2v) is 10.6. The number of benzene rings is 2. The maximum Gasteiger partial charge on any atom is 0.355 e. The largest absolute Gasteiger partial charge is 0.497 e. The smallest absolute Gasteiger partial charge is 0.355 e. The molecule has 4 aliphatic rings. The molecular formula is C29H33NO9. The lowest BCUT2D eigenvalue weighted by molar-refractivity contribution is -0.191. The average molecular weight is 540 g/mol. The van der Waals surface area contributed by atoms with Crippen LogP contribution in [0.15, 0.2) is 36.4 Å². The van der Waals surface area contributed by atoms with E-state index in [9.17, 15) is 14.7 Å². The van der Waals surface area contributed by atoms with E-state index in [0.717, 1.165) is 50.6 Å². The average Bonchev–Trinajstić information content (AvgIpc) is 3.65. The Kier molecular flexibility index (Phi) is 6.44. The summed E-state index contributed by atoms with van der Waals surface area (Å²) in [5.41, 5.74) is -0.823. The number of aliphatic hydroxyl groups is 1. The summed E-state index contributed by atoms with van der Waals surface area (Å²) in [5.74, 6) is -0.638. The fourth-order valence-corrected chi connectivity index (χ4v) is 7.08. The summed E-state index contributed by atoms with van der Waals surface area (Å²) in [6.07, 6.45) is 2.19. The highest BCUT2D eigenvalue weighted by Gasteiger charge is 2.62. The Balaban J connectivity index is 1.43. The molecule has 1 unspecified atom stereocenters. The molecule has 0 radical (unpaired) electrons. The summed E-state index contributed by atoms with van der Waals surface area (Å²) >= 11 is 0. The first-order valence-corrected chi connectivity index (χ1v) is 13.2. The fourth-order valence-electron chi connectivity index (χ4n) is 7.08. The number of nitrogens with zero attached hydrogens (tertiary/aromatic N) is 1. The van der Waals surface area contributed by atoms with Crippen LogP contribution in [-0.4, -0.2) is 80.9 Å². The van der Waals surface area contributed by atoms with Gasteiger partial charge in [0, 0.05) is 30.7 Å². The molecular weight excluding hydrogens is 506 g/mol. The van der Waals surface area contributed by atoms with Crippen molar-refractivity contribution >= 4 is 11.9 Å². The van der Waals surface area contributed by atoms with Crippen molar-refractivity contribution < 1.29 is 43.1 Å². The zero-order valence-corrected chi connectivity index (χ0v) is 22.3. The summed E-state index contributed by atoms with van der Waals surface area (Å²) in [7, 11) is 4.22. The second-order valence-electron chi connectivity index (χ2n) is 10.6. The highest BCUT2D eigenvalue weighted by molar-refractivity contribution is 6.04. The van der Waals surface area contributed by atoms with E-state index in [0.29, 0.717) is 23.7 Å². The van der Waals surface area contributed by atoms with Gasteiger partial charge in [-0.2, -0.15) is 0 Å². The number of esters is 2.